The Hall–Kier alpha value is -2.13. The molecule has 0 bridgehead atoms. The van der Waals surface area contributed by atoms with Crippen LogP contribution in [-0.2, 0) is 13.2 Å². The number of nitrogens with zero attached hydrogens (tertiary/aromatic N) is 6. The lowest BCUT2D eigenvalue weighted by Crippen LogP contribution is -2.26. The summed E-state index contributed by atoms with van der Waals surface area (Å²) < 4.78 is 6.30. The Bertz CT molecular complexity index is 939. The fraction of sp³-hybridized carbons (Fsp3) is 0.412. The van der Waals surface area contributed by atoms with Gasteiger partial charge in [-0.1, -0.05) is 11.6 Å². The predicted octanol–water partition coefficient (Wildman–Crippen LogP) is 2.94. The van der Waals surface area contributed by atoms with Crippen LogP contribution in [0.25, 0.3) is 0 Å². The minimum atomic E-state index is -0.196. The molecule has 0 unspecified atom stereocenters. The van der Waals surface area contributed by atoms with Gasteiger partial charge < -0.3 is 5.32 Å². The molecule has 3 rings (SSSR count). The van der Waals surface area contributed by atoms with E-state index in [0.29, 0.717) is 30.5 Å². The van der Waals surface area contributed by atoms with Crippen molar-refractivity contribution in [2.45, 2.75) is 40.4 Å². The first-order chi connectivity index (χ1) is 12.8. The number of nitrogens with one attached hydrogen (secondary N) is 1. The Morgan fingerprint density at radius 2 is 1.96 bits per heavy atom. The zero-order chi connectivity index (χ0) is 19.6. The SMILES string of the molecule is Cc1nn(CCCNC(=O)c2ccn(Cn3nc(C)c(Br)c3C)n2)cc1Cl. The van der Waals surface area contributed by atoms with E-state index < -0.39 is 0 Å². The van der Waals surface area contributed by atoms with Crippen LogP contribution in [0.3, 0.4) is 0 Å². The molecule has 27 heavy (non-hydrogen) atoms. The smallest absolute Gasteiger partial charge is 0.271 e. The molecule has 8 nitrogen and oxygen atoms in total. The van der Waals surface area contributed by atoms with E-state index in [1.807, 2.05) is 25.5 Å². The minimum absolute atomic E-state index is 0.196. The van der Waals surface area contributed by atoms with Gasteiger partial charge in [0.2, 0.25) is 0 Å². The Balaban J connectivity index is 1.50. The predicted molar refractivity (Wildman–Crippen MR) is 106 cm³/mol. The monoisotopic (exact) mass is 453 g/mol. The van der Waals surface area contributed by atoms with Gasteiger partial charge in [-0.3, -0.25) is 14.2 Å². The number of rotatable bonds is 7. The van der Waals surface area contributed by atoms with Crippen LogP contribution in [0, 0.1) is 20.8 Å². The van der Waals surface area contributed by atoms with E-state index in [-0.39, 0.29) is 5.91 Å². The second-order valence-electron chi connectivity index (χ2n) is 6.30. The van der Waals surface area contributed by atoms with Crippen molar-refractivity contribution in [3.05, 3.63) is 50.7 Å². The standard InChI is InChI=1S/C17H21BrClN7O/c1-11-14(19)9-24(21-11)7-4-6-20-17(27)15-5-8-25(23-15)10-26-13(3)16(18)12(2)22-26/h5,8-9H,4,6-7,10H2,1-3H3,(H,20,27). The number of hydrogen-bond acceptors (Lipinski definition) is 4. The molecule has 0 saturated heterocycles. The van der Waals surface area contributed by atoms with Crippen LogP contribution < -0.4 is 5.32 Å². The Morgan fingerprint density at radius 3 is 2.59 bits per heavy atom. The molecule has 0 saturated carbocycles. The molecule has 0 aliphatic carbocycles. The molecule has 0 fully saturated rings. The Kier molecular flexibility index (Phi) is 6.01. The quantitative estimate of drug-likeness (QED) is 0.557. The molecule has 3 aromatic heterocycles. The fourth-order valence-corrected chi connectivity index (χ4v) is 3.09. The lowest BCUT2D eigenvalue weighted by molar-refractivity contribution is 0.0946. The third-order valence-electron chi connectivity index (χ3n) is 4.18. The molecule has 0 aliphatic rings. The largest absolute Gasteiger partial charge is 0.351 e. The summed E-state index contributed by atoms with van der Waals surface area (Å²) in [4.78, 5) is 12.2. The molecule has 144 valence electrons. The highest BCUT2D eigenvalue weighted by molar-refractivity contribution is 9.10. The zero-order valence-corrected chi connectivity index (χ0v) is 17.7. The summed E-state index contributed by atoms with van der Waals surface area (Å²) in [5.41, 5.74) is 3.13. The maximum atomic E-state index is 12.2. The van der Waals surface area contributed by atoms with Gasteiger partial charge in [0.25, 0.3) is 5.91 Å². The number of aryl methyl sites for hydroxylation is 3. The van der Waals surface area contributed by atoms with Crippen molar-refractivity contribution in [1.29, 1.82) is 0 Å². The first-order valence-corrected chi connectivity index (χ1v) is 9.73. The summed E-state index contributed by atoms with van der Waals surface area (Å²) >= 11 is 9.49. The fourth-order valence-electron chi connectivity index (χ4n) is 2.65. The van der Waals surface area contributed by atoms with E-state index in [1.165, 1.54) is 0 Å². The maximum Gasteiger partial charge on any atom is 0.271 e. The molecule has 0 radical (unpaired) electrons. The lowest BCUT2D eigenvalue weighted by Gasteiger charge is -2.05. The van der Waals surface area contributed by atoms with Crippen molar-refractivity contribution in [3.63, 3.8) is 0 Å². The highest BCUT2D eigenvalue weighted by Crippen LogP contribution is 2.19. The molecular weight excluding hydrogens is 434 g/mol. The Morgan fingerprint density at radius 1 is 1.19 bits per heavy atom. The molecule has 0 aromatic carbocycles. The number of carbonyl (C=O) groups is 1. The third-order valence-corrected chi connectivity index (χ3v) is 5.70. The molecule has 3 heterocycles. The molecule has 1 amide bonds. The van der Waals surface area contributed by atoms with Crippen LogP contribution >= 0.6 is 27.5 Å². The van der Waals surface area contributed by atoms with Crippen molar-refractivity contribution < 1.29 is 4.79 Å². The molecule has 0 aliphatic heterocycles. The number of hydrogen-bond donors (Lipinski definition) is 1. The van der Waals surface area contributed by atoms with Gasteiger partial charge >= 0.3 is 0 Å². The summed E-state index contributed by atoms with van der Waals surface area (Å²) in [5.74, 6) is -0.196. The molecule has 0 spiro atoms. The van der Waals surface area contributed by atoms with Crippen LogP contribution in [-0.4, -0.2) is 41.8 Å². The second kappa shape index (κ2) is 8.26. The number of carbonyl (C=O) groups excluding carboxylic acids is 1. The topological polar surface area (TPSA) is 82.6 Å². The summed E-state index contributed by atoms with van der Waals surface area (Å²) in [6.45, 7) is 7.46. The van der Waals surface area contributed by atoms with Gasteiger partial charge in [-0.25, -0.2) is 4.68 Å². The highest BCUT2D eigenvalue weighted by Gasteiger charge is 2.12. The average Bonchev–Trinajstić information content (AvgIpc) is 3.29. The van der Waals surface area contributed by atoms with Crippen LogP contribution in [0.2, 0.25) is 5.02 Å². The van der Waals surface area contributed by atoms with Crippen LogP contribution in [0.4, 0.5) is 0 Å². The molecular formula is C17H21BrClN7O. The van der Waals surface area contributed by atoms with E-state index in [0.717, 1.165) is 28.0 Å². The van der Waals surface area contributed by atoms with Gasteiger partial charge in [-0.15, -0.1) is 0 Å². The van der Waals surface area contributed by atoms with Gasteiger partial charge in [0.1, 0.15) is 12.4 Å². The molecule has 0 atom stereocenters. The average molecular weight is 455 g/mol. The summed E-state index contributed by atoms with van der Waals surface area (Å²) in [6.07, 6.45) is 4.31. The number of aromatic nitrogens is 6. The normalized spacial score (nSPS) is 11.1. The van der Waals surface area contributed by atoms with E-state index in [9.17, 15) is 4.79 Å². The first kappa shape index (κ1) is 19.6. The molecule has 1 N–H and O–H groups in total. The van der Waals surface area contributed by atoms with Crippen LogP contribution in [0.15, 0.2) is 22.9 Å². The van der Waals surface area contributed by atoms with Gasteiger partial charge in [0.15, 0.2) is 0 Å². The Labute approximate surface area is 170 Å². The molecule has 3 aromatic rings. The summed E-state index contributed by atoms with van der Waals surface area (Å²) in [5, 5.41) is 16.6. The lowest BCUT2D eigenvalue weighted by atomic mass is 10.3. The minimum Gasteiger partial charge on any atom is -0.351 e. The van der Waals surface area contributed by atoms with E-state index in [1.54, 1.807) is 27.8 Å². The van der Waals surface area contributed by atoms with Crippen molar-refractivity contribution in [3.8, 4) is 0 Å². The van der Waals surface area contributed by atoms with Crippen LogP contribution in [0.5, 0.6) is 0 Å². The van der Waals surface area contributed by atoms with Crippen LogP contribution in [0.1, 0.15) is 34.0 Å². The zero-order valence-electron chi connectivity index (χ0n) is 15.4. The number of amides is 1. The third kappa shape index (κ3) is 4.59. The van der Waals surface area contributed by atoms with Crippen molar-refractivity contribution in [1.82, 2.24) is 34.7 Å². The maximum absolute atomic E-state index is 12.2. The summed E-state index contributed by atoms with van der Waals surface area (Å²) in [7, 11) is 0. The van der Waals surface area contributed by atoms with Crippen molar-refractivity contribution >= 4 is 33.4 Å². The van der Waals surface area contributed by atoms with Gasteiger partial charge in [0.05, 0.1) is 26.6 Å². The van der Waals surface area contributed by atoms with Crippen molar-refractivity contribution in [2.75, 3.05) is 6.54 Å². The van der Waals surface area contributed by atoms with Crippen molar-refractivity contribution in [2.24, 2.45) is 0 Å². The van der Waals surface area contributed by atoms with Gasteiger partial charge in [-0.05, 0) is 49.2 Å². The number of halogens is 2. The summed E-state index contributed by atoms with van der Waals surface area (Å²) in [6, 6.07) is 1.70. The van der Waals surface area contributed by atoms with Gasteiger partial charge in [-0.2, -0.15) is 15.3 Å². The van der Waals surface area contributed by atoms with E-state index >= 15 is 0 Å². The molecule has 10 heteroatoms. The van der Waals surface area contributed by atoms with Gasteiger partial charge in [0, 0.05) is 25.5 Å². The van der Waals surface area contributed by atoms with E-state index in [2.05, 4.69) is 36.5 Å². The second-order valence-corrected chi connectivity index (χ2v) is 7.50. The first-order valence-electron chi connectivity index (χ1n) is 8.56. The van der Waals surface area contributed by atoms with E-state index in [4.69, 9.17) is 11.6 Å². The highest BCUT2D eigenvalue weighted by atomic mass is 79.9.